The third-order valence-electron chi connectivity index (χ3n) is 4.89. The first kappa shape index (κ1) is 21.0. The van der Waals surface area contributed by atoms with Crippen molar-refractivity contribution in [1.82, 2.24) is 4.98 Å². The minimum absolute atomic E-state index is 0.330. The normalized spacial score (nSPS) is 10.6. The molecule has 0 radical (unpaired) electrons. The summed E-state index contributed by atoms with van der Waals surface area (Å²) in [7, 11) is 6.10. The lowest BCUT2D eigenvalue weighted by Gasteiger charge is -2.14. The summed E-state index contributed by atoms with van der Waals surface area (Å²) in [6.07, 6.45) is 0. The molecule has 0 fully saturated rings. The molecule has 0 saturated heterocycles. The van der Waals surface area contributed by atoms with Gasteiger partial charge in [0, 0.05) is 22.9 Å². The molecule has 32 heavy (non-hydrogen) atoms. The van der Waals surface area contributed by atoms with Gasteiger partial charge in [0.25, 0.3) is 5.91 Å². The van der Waals surface area contributed by atoms with Gasteiger partial charge in [0.2, 0.25) is 11.6 Å². The molecule has 1 amide bonds. The van der Waals surface area contributed by atoms with E-state index in [1.54, 1.807) is 43.5 Å². The highest BCUT2D eigenvalue weighted by Gasteiger charge is 2.17. The molecule has 0 spiro atoms. The van der Waals surface area contributed by atoms with Crippen molar-refractivity contribution in [2.45, 2.75) is 0 Å². The molecule has 4 rings (SSSR count). The zero-order valence-electron chi connectivity index (χ0n) is 18.1. The lowest BCUT2D eigenvalue weighted by molar-refractivity contribution is 0.102. The van der Waals surface area contributed by atoms with E-state index in [1.165, 1.54) is 21.3 Å². The molecule has 164 valence electrons. The smallest absolute Gasteiger partial charge is 0.255 e. The Morgan fingerprint density at radius 2 is 1.62 bits per heavy atom. The lowest BCUT2D eigenvalue weighted by Crippen LogP contribution is -2.12. The van der Waals surface area contributed by atoms with Crippen LogP contribution >= 0.6 is 0 Å². The number of amides is 1. The van der Waals surface area contributed by atoms with Crippen LogP contribution < -0.4 is 24.3 Å². The summed E-state index contributed by atoms with van der Waals surface area (Å²) < 4.78 is 27.1. The molecule has 0 saturated carbocycles. The fourth-order valence-electron chi connectivity index (χ4n) is 3.30. The molecule has 0 aliphatic heterocycles. The topological polar surface area (TPSA) is 92.1 Å². The zero-order valence-corrected chi connectivity index (χ0v) is 18.1. The van der Waals surface area contributed by atoms with Crippen molar-refractivity contribution in [2.24, 2.45) is 0 Å². The van der Waals surface area contributed by atoms with Crippen LogP contribution in [0.2, 0.25) is 0 Å². The zero-order chi connectivity index (χ0) is 22.7. The van der Waals surface area contributed by atoms with Gasteiger partial charge in [-0.15, -0.1) is 0 Å². The van der Waals surface area contributed by atoms with Crippen molar-refractivity contribution in [3.8, 4) is 34.5 Å². The van der Waals surface area contributed by atoms with Gasteiger partial charge < -0.3 is 28.7 Å². The van der Waals surface area contributed by atoms with Gasteiger partial charge in [0.05, 0.1) is 28.4 Å². The summed E-state index contributed by atoms with van der Waals surface area (Å²) >= 11 is 0. The highest BCUT2D eigenvalue weighted by molar-refractivity contribution is 6.05. The second-order valence-electron chi connectivity index (χ2n) is 6.80. The van der Waals surface area contributed by atoms with Gasteiger partial charge in [-0.3, -0.25) is 4.79 Å². The second-order valence-corrected chi connectivity index (χ2v) is 6.80. The van der Waals surface area contributed by atoms with E-state index in [1.807, 2.05) is 18.2 Å². The third kappa shape index (κ3) is 4.02. The second kappa shape index (κ2) is 8.89. The number of carbonyl (C=O) groups excluding carboxylic acids is 1. The van der Waals surface area contributed by atoms with Crippen LogP contribution in [0, 0.1) is 0 Å². The van der Waals surface area contributed by atoms with Crippen LogP contribution in [0.25, 0.3) is 22.6 Å². The summed E-state index contributed by atoms with van der Waals surface area (Å²) in [6, 6.07) is 15.9. The molecule has 0 atom stereocenters. The maximum atomic E-state index is 12.9. The van der Waals surface area contributed by atoms with Gasteiger partial charge in [-0.2, -0.15) is 0 Å². The fourth-order valence-corrected chi connectivity index (χ4v) is 3.30. The number of methoxy groups -OCH3 is 4. The van der Waals surface area contributed by atoms with Crippen molar-refractivity contribution in [2.75, 3.05) is 33.8 Å². The number of ether oxygens (including phenoxy) is 4. The van der Waals surface area contributed by atoms with Crippen molar-refractivity contribution < 1.29 is 28.2 Å². The van der Waals surface area contributed by atoms with E-state index in [2.05, 4.69) is 10.3 Å². The predicted octanol–water partition coefficient (Wildman–Crippen LogP) is 4.78. The Morgan fingerprint density at radius 1 is 0.875 bits per heavy atom. The molecular weight excluding hydrogens is 412 g/mol. The third-order valence-corrected chi connectivity index (χ3v) is 4.89. The van der Waals surface area contributed by atoms with Crippen LogP contribution in [0.1, 0.15) is 10.4 Å². The molecule has 3 aromatic carbocycles. The van der Waals surface area contributed by atoms with E-state index in [4.69, 9.17) is 23.4 Å². The first-order valence-corrected chi connectivity index (χ1v) is 9.72. The summed E-state index contributed by atoms with van der Waals surface area (Å²) in [6.45, 7) is 0. The molecular formula is C24H22N2O6. The van der Waals surface area contributed by atoms with Crippen molar-refractivity contribution >= 4 is 22.7 Å². The number of hydrogen-bond acceptors (Lipinski definition) is 7. The number of fused-ring (bicyclic) bond motifs is 1. The Balaban J connectivity index is 1.61. The Morgan fingerprint density at radius 3 is 2.28 bits per heavy atom. The van der Waals surface area contributed by atoms with E-state index in [0.29, 0.717) is 51.2 Å². The van der Waals surface area contributed by atoms with Gasteiger partial charge in [-0.25, -0.2) is 4.98 Å². The fraction of sp³-hybridized carbons (Fsp3) is 0.167. The molecule has 0 aliphatic rings. The minimum atomic E-state index is -0.330. The summed E-state index contributed by atoms with van der Waals surface area (Å²) in [5.41, 5.74) is 3.00. The van der Waals surface area contributed by atoms with Crippen molar-refractivity contribution in [3.63, 3.8) is 0 Å². The highest BCUT2D eigenvalue weighted by Crippen LogP contribution is 2.38. The quantitative estimate of drug-likeness (QED) is 0.447. The van der Waals surface area contributed by atoms with E-state index in [0.717, 1.165) is 5.56 Å². The van der Waals surface area contributed by atoms with E-state index < -0.39 is 0 Å². The molecule has 0 bridgehead atoms. The monoisotopic (exact) mass is 434 g/mol. The van der Waals surface area contributed by atoms with Crippen molar-refractivity contribution in [1.29, 1.82) is 0 Å². The molecule has 8 nitrogen and oxygen atoms in total. The summed E-state index contributed by atoms with van der Waals surface area (Å²) in [5, 5.41) is 2.88. The predicted molar refractivity (Wildman–Crippen MR) is 120 cm³/mol. The Kier molecular flexibility index (Phi) is 5.85. The number of anilines is 1. The van der Waals surface area contributed by atoms with E-state index >= 15 is 0 Å². The highest BCUT2D eigenvalue weighted by atomic mass is 16.5. The molecule has 4 aromatic rings. The average molecular weight is 434 g/mol. The van der Waals surface area contributed by atoms with E-state index in [-0.39, 0.29) is 5.91 Å². The molecule has 8 heteroatoms. The Bertz CT molecular complexity index is 1260. The summed E-state index contributed by atoms with van der Waals surface area (Å²) in [5.74, 6) is 2.02. The SMILES string of the molecule is COc1ccc2oc(-c3cccc(NC(=O)c4cc(OC)c(OC)c(OC)c4)c3)nc2c1. The summed E-state index contributed by atoms with van der Waals surface area (Å²) in [4.78, 5) is 17.4. The van der Waals surface area contributed by atoms with Crippen molar-refractivity contribution in [3.05, 3.63) is 60.2 Å². The minimum Gasteiger partial charge on any atom is -0.497 e. The number of rotatable bonds is 7. The molecule has 1 aromatic heterocycles. The Labute approximate surface area is 184 Å². The van der Waals surface area contributed by atoms with Crippen LogP contribution in [-0.4, -0.2) is 39.3 Å². The standard InChI is InChI=1S/C24H22N2O6/c1-28-17-8-9-19-18(13-17)26-24(32-19)14-6-5-7-16(10-14)25-23(27)15-11-20(29-2)22(31-4)21(12-15)30-3/h5-13H,1-4H3,(H,25,27). The molecule has 1 N–H and O–H groups in total. The number of hydrogen-bond donors (Lipinski definition) is 1. The maximum absolute atomic E-state index is 12.9. The number of nitrogens with zero attached hydrogens (tertiary/aromatic N) is 1. The van der Waals surface area contributed by atoms with Gasteiger partial charge in [0.15, 0.2) is 17.1 Å². The van der Waals surface area contributed by atoms with Gasteiger partial charge in [0.1, 0.15) is 11.3 Å². The molecule has 1 heterocycles. The van der Waals surface area contributed by atoms with Gasteiger partial charge in [-0.1, -0.05) is 6.07 Å². The maximum Gasteiger partial charge on any atom is 0.255 e. The molecule has 0 unspecified atom stereocenters. The van der Waals surface area contributed by atoms with Crippen LogP contribution in [0.4, 0.5) is 5.69 Å². The van der Waals surface area contributed by atoms with Crippen LogP contribution in [0.5, 0.6) is 23.0 Å². The lowest BCUT2D eigenvalue weighted by atomic mass is 10.1. The van der Waals surface area contributed by atoms with Gasteiger partial charge in [-0.05, 0) is 42.5 Å². The largest absolute Gasteiger partial charge is 0.497 e. The number of carbonyl (C=O) groups is 1. The number of nitrogens with one attached hydrogen (secondary N) is 1. The van der Waals surface area contributed by atoms with Crippen LogP contribution in [0.15, 0.2) is 59.0 Å². The van der Waals surface area contributed by atoms with Gasteiger partial charge >= 0.3 is 0 Å². The Hall–Kier alpha value is -4.20. The first-order valence-electron chi connectivity index (χ1n) is 9.72. The van der Waals surface area contributed by atoms with E-state index in [9.17, 15) is 4.79 Å². The number of oxazole rings is 1. The number of aromatic nitrogens is 1. The first-order chi connectivity index (χ1) is 15.6. The molecule has 0 aliphatic carbocycles. The van der Waals surface area contributed by atoms with Crippen LogP contribution in [-0.2, 0) is 0 Å². The van der Waals surface area contributed by atoms with Crippen LogP contribution in [0.3, 0.4) is 0 Å². The number of benzene rings is 3. The average Bonchev–Trinajstić information content (AvgIpc) is 3.26.